The van der Waals surface area contributed by atoms with Gasteiger partial charge in [-0.1, -0.05) is 36.4 Å². The Hall–Kier alpha value is -4.06. The van der Waals surface area contributed by atoms with Crippen molar-refractivity contribution in [3.63, 3.8) is 0 Å². The zero-order chi connectivity index (χ0) is 22.5. The molecule has 5 rings (SSSR count). The predicted octanol–water partition coefficient (Wildman–Crippen LogP) is 5.30. The van der Waals surface area contributed by atoms with Crippen LogP contribution in [0.2, 0.25) is 0 Å². The Kier molecular flexibility index (Phi) is 6.06. The number of amides is 1. The molecule has 4 aromatic rings. The summed E-state index contributed by atoms with van der Waals surface area (Å²) in [7, 11) is 0. The zero-order valence-corrected chi connectivity index (χ0v) is 18.3. The molecular formula is C27H25N5O. The lowest BCUT2D eigenvalue weighted by molar-refractivity contribution is 0.0704. The minimum Gasteiger partial charge on any atom is -0.340 e. The van der Waals surface area contributed by atoms with Crippen molar-refractivity contribution in [3.05, 3.63) is 103 Å². The first-order valence-electron chi connectivity index (χ1n) is 11.2. The van der Waals surface area contributed by atoms with Crippen LogP contribution in [-0.4, -0.2) is 38.8 Å². The third-order valence-corrected chi connectivity index (χ3v) is 5.86. The van der Waals surface area contributed by atoms with Gasteiger partial charge >= 0.3 is 0 Å². The number of carbonyl (C=O) groups is 1. The van der Waals surface area contributed by atoms with E-state index in [2.05, 4.69) is 10.3 Å². The van der Waals surface area contributed by atoms with Crippen molar-refractivity contribution in [2.24, 2.45) is 0 Å². The van der Waals surface area contributed by atoms with Crippen LogP contribution in [0.25, 0.3) is 11.3 Å². The molecule has 6 heteroatoms. The van der Waals surface area contributed by atoms with E-state index in [1.807, 2.05) is 83.8 Å². The van der Waals surface area contributed by atoms with Gasteiger partial charge in [0.05, 0.1) is 5.69 Å². The summed E-state index contributed by atoms with van der Waals surface area (Å²) in [5.41, 5.74) is 3.51. The number of carbonyl (C=O) groups excluding carboxylic acids is 1. The average Bonchev–Trinajstić information content (AvgIpc) is 2.90. The summed E-state index contributed by atoms with van der Waals surface area (Å²) in [6.07, 6.45) is 5.40. The first kappa shape index (κ1) is 20.8. The number of piperidine rings is 1. The molecule has 2 aromatic carbocycles. The molecule has 2 aromatic heterocycles. The summed E-state index contributed by atoms with van der Waals surface area (Å²) in [5.74, 6) is 1.63. The highest BCUT2D eigenvalue weighted by Crippen LogP contribution is 2.29. The number of hydrogen-bond acceptors (Lipinski definition) is 5. The van der Waals surface area contributed by atoms with E-state index in [-0.39, 0.29) is 11.8 Å². The summed E-state index contributed by atoms with van der Waals surface area (Å²) in [5, 5.41) is 3.41. The third-order valence-electron chi connectivity index (χ3n) is 5.86. The Morgan fingerprint density at radius 2 is 1.64 bits per heavy atom. The molecule has 1 aliphatic rings. The fourth-order valence-electron chi connectivity index (χ4n) is 4.19. The number of nitrogens with one attached hydrogen (secondary N) is 1. The summed E-state index contributed by atoms with van der Waals surface area (Å²) in [6, 6.07) is 25.3. The molecule has 0 spiro atoms. The largest absolute Gasteiger partial charge is 0.340 e. The van der Waals surface area contributed by atoms with E-state index >= 15 is 0 Å². The van der Waals surface area contributed by atoms with Crippen LogP contribution >= 0.6 is 0 Å². The maximum atomic E-state index is 13.0. The number of para-hydroxylation sites is 1. The summed E-state index contributed by atoms with van der Waals surface area (Å²) >= 11 is 0. The van der Waals surface area contributed by atoms with Crippen LogP contribution in [0.1, 0.15) is 34.9 Å². The predicted molar refractivity (Wildman–Crippen MR) is 129 cm³/mol. The van der Waals surface area contributed by atoms with Crippen molar-refractivity contribution in [2.75, 3.05) is 18.4 Å². The molecule has 6 nitrogen and oxygen atoms in total. The van der Waals surface area contributed by atoms with E-state index in [1.54, 1.807) is 12.4 Å². The molecule has 1 fully saturated rings. The van der Waals surface area contributed by atoms with Gasteiger partial charge < -0.3 is 10.2 Å². The number of aromatic nitrogens is 3. The highest BCUT2D eigenvalue weighted by Gasteiger charge is 2.28. The Morgan fingerprint density at radius 1 is 0.909 bits per heavy atom. The molecule has 1 saturated heterocycles. The minimum atomic E-state index is 0.0632. The number of benzene rings is 2. The van der Waals surface area contributed by atoms with Crippen LogP contribution in [0, 0.1) is 0 Å². The van der Waals surface area contributed by atoms with Crippen molar-refractivity contribution in [1.82, 2.24) is 19.9 Å². The standard InChI is InChI=1S/C27H25N5O/c33-27(21-8-3-1-4-9-21)32-17-7-10-22(19-32)26-30-24(20-13-15-28-16-14-20)18-25(31-26)29-23-11-5-2-6-12-23/h1-6,8-9,11-16,18,22H,7,10,17,19H2,(H,29,30,31)/t22-/m1/s1. The highest BCUT2D eigenvalue weighted by molar-refractivity contribution is 5.94. The van der Waals surface area contributed by atoms with E-state index in [0.29, 0.717) is 6.54 Å². The van der Waals surface area contributed by atoms with Crippen molar-refractivity contribution in [3.8, 4) is 11.3 Å². The molecule has 0 unspecified atom stereocenters. The molecule has 1 N–H and O–H groups in total. The Balaban J connectivity index is 1.46. The maximum Gasteiger partial charge on any atom is 0.253 e. The second kappa shape index (κ2) is 9.61. The van der Waals surface area contributed by atoms with Crippen LogP contribution in [0.4, 0.5) is 11.5 Å². The van der Waals surface area contributed by atoms with Gasteiger partial charge in [-0.3, -0.25) is 9.78 Å². The number of likely N-dealkylation sites (tertiary alicyclic amines) is 1. The lowest BCUT2D eigenvalue weighted by Crippen LogP contribution is -2.39. The lowest BCUT2D eigenvalue weighted by Gasteiger charge is -2.32. The van der Waals surface area contributed by atoms with E-state index in [0.717, 1.165) is 53.5 Å². The smallest absolute Gasteiger partial charge is 0.253 e. The molecule has 0 aliphatic carbocycles. The number of nitrogens with zero attached hydrogens (tertiary/aromatic N) is 4. The number of rotatable bonds is 5. The van der Waals surface area contributed by atoms with Gasteiger partial charge in [-0.15, -0.1) is 0 Å². The third kappa shape index (κ3) is 4.90. The van der Waals surface area contributed by atoms with Gasteiger partial charge in [0.1, 0.15) is 11.6 Å². The van der Waals surface area contributed by atoms with Gasteiger partial charge in [-0.05, 0) is 49.2 Å². The number of anilines is 2. The quantitative estimate of drug-likeness (QED) is 0.460. The highest BCUT2D eigenvalue weighted by atomic mass is 16.2. The molecular weight excluding hydrogens is 410 g/mol. The van der Waals surface area contributed by atoms with Crippen LogP contribution in [-0.2, 0) is 0 Å². The molecule has 3 heterocycles. The SMILES string of the molecule is O=C(c1ccccc1)N1CCC[C@@H](c2nc(Nc3ccccc3)cc(-c3ccncc3)n2)C1. The average molecular weight is 436 g/mol. The molecule has 0 bridgehead atoms. The molecule has 1 aliphatic heterocycles. The number of pyridine rings is 1. The van der Waals surface area contributed by atoms with Gasteiger partial charge in [0.25, 0.3) is 5.91 Å². The molecule has 164 valence electrons. The van der Waals surface area contributed by atoms with Crippen molar-refractivity contribution >= 4 is 17.4 Å². The van der Waals surface area contributed by atoms with Crippen molar-refractivity contribution in [1.29, 1.82) is 0 Å². The zero-order valence-electron chi connectivity index (χ0n) is 18.3. The summed E-state index contributed by atoms with van der Waals surface area (Å²) < 4.78 is 0. The summed E-state index contributed by atoms with van der Waals surface area (Å²) in [4.78, 5) is 28.9. The van der Waals surface area contributed by atoms with Gasteiger partial charge in [-0.2, -0.15) is 0 Å². The fraction of sp³-hybridized carbons (Fsp3) is 0.185. The first-order chi connectivity index (χ1) is 16.3. The Morgan fingerprint density at radius 3 is 2.39 bits per heavy atom. The second-order valence-corrected chi connectivity index (χ2v) is 8.18. The van der Waals surface area contributed by atoms with Gasteiger partial charge in [-0.25, -0.2) is 9.97 Å². The van der Waals surface area contributed by atoms with Crippen LogP contribution in [0.3, 0.4) is 0 Å². The van der Waals surface area contributed by atoms with Gasteiger partial charge in [0.15, 0.2) is 0 Å². The minimum absolute atomic E-state index is 0.0632. The molecule has 1 atom stereocenters. The molecule has 33 heavy (non-hydrogen) atoms. The lowest BCUT2D eigenvalue weighted by atomic mass is 9.96. The van der Waals surface area contributed by atoms with Crippen LogP contribution in [0.5, 0.6) is 0 Å². The van der Waals surface area contributed by atoms with E-state index in [9.17, 15) is 4.79 Å². The monoisotopic (exact) mass is 435 g/mol. The van der Waals surface area contributed by atoms with E-state index < -0.39 is 0 Å². The Labute approximate surface area is 193 Å². The normalized spacial score (nSPS) is 15.8. The molecule has 1 amide bonds. The van der Waals surface area contributed by atoms with Gasteiger partial charge in [0, 0.05) is 54.3 Å². The number of hydrogen-bond donors (Lipinski definition) is 1. The second-order valence-electron chi connectivity index (χ2n) is 8.18. The molecule has 0 saturated carbocycles. The van der Waals surface area contributed by atoms with Crippen LogP contribution < -0.4 is 5.32 Å². The maximum absolute atomic E-state index is 13.0. The summed E-state index contributed by atoms with van der Waals surface area (Å²) in [6.45, 7) is 1.36. The van der Waals surface area contributed by atoms with E-state index in [1.165, 1.54) is 0 Å². The van der Waals surface area contributed by atoms with Gasteiger partial charge in [0.2, 0.25) is 0 Å². The first-order valence-corrected chi connectivity index (χ1v) is 11.2. The topological polar surface area (TPSA) is 71.0 Å². The van der Waals surface area contributed by atoms with E-state index in [4.69, 9.17) is 9.97 Å². The Bertz CT molecular complexity index is 1220. The van der Waals surface area contributed by atoms with Crippen molar-refractivity contribution in [2.45, 2.75) is 18.8 Å². The van der Waals surface area contributed by atoms with Crippen LogP contribution in [0.15, 0.2) is 91.3 Å². The van der Waals surface area contributed by atoms with Crippen molar-refractivity contribution < 1.29 is 4.79 Å². The fourth-order valence-corrected chi connectivity index (χ4v) is 4.19. The molecule has 0 radical (unpaired) electrons.